The number of carbonyl (C=O) groups is 2. The van der Waals surface area contributed by atoms with Gasteiger partial charge in [0, 0.05) is 24.0 Å². The number of nitrogens with zero attached hydrogens (tertiary/aromatic N) is 1. The van der Waals surface area contributed by atoms with Crippen molar-refractivity contribution >= 4 is 11.9 Å². The van der Waals surface area contributed by atoms with Crippen molar-refractivity contribution in [2.24, 2.45) is 0 Å². The molecule has 2 rings (SSSR count). The van der Waals surface area contributed by atoms with Gasteiger partial charge < -0.3 is 14.6 Å². The molecule has 0 aliphatic carbocycles. The summed E-state index contributed by atoms with van der Waals surface area (Å²) in [6.07, 6.45) is 1.90. The molecule has 0 radical (unpaired) electrons. The zero-order valence-electron chi connectivity index (χ0n) is 16.0. The van der Waals surface area contributed by atoms with Crippen LogP contribution >= 0.6 is 0 Å². The first kappa shape index (κ1) is 19.8. The van der Waals surface area contributed by atoms with Gasteiger partial charge in [-0.1, -0.05) is 43.7 Å². The molecule has 5 heteroatoms. The zero-order chi connectivity index (χ0) is 19.1. The molecule has 5 nitrogen and oxygen atoms in total. The maximum atomic E-state index is 12.4. The third-order valence-electron chi connectivity index (χ3n) is 4.44. The molecule has 1 heterocycles. The first-order chi connectivity index (χ1) is 12.4. The molecule has 0 saturated heterocycles. The molecule has 1 aromatic carbocycles. The van der Waals surface area contributed by atoms with Gasteiger partial charge in [0.2, 0.25) is 0 Å². The van der Waals surface area contributed by atoms with Crippen molar-refractivity contribution in [2.75, 3.05) is 6.61 Å². The van der Waals surface area contributed by atoms with Crippen LogP contribution in [0.15, 0.2) is 36.4 Å². The van der Waals surface area contributed by atoms with Crippen LogP contribution in [0.4, 0.5) is 0 Å². The van der Waals surface area contributed by atoms with Gasteiger partial charge in [-0.15, -0.1) is 0 Å². The van der Waals surface area contributed by atoms with E-state index in [0.29, 0.717) is 12.1 Å². The second-order valence-corrected chi connectivity index (χ2v) is 6.69. The van der Waals surface area contributed by atoms with E-state index in [-0.39, 0.29) is 18.6 Å². The molecule has 1 N–H and O–H groups in total. The highest BCUT2D eigenvalue weighted by atomic mass is 16.5. The number of rotatable bonds is 8. The summed E-state index contributed by atoms with van der Waals surface area (Å²) in [4.78, 5) is 24.3. The molecule has 1 atom stereocenters. The monoisotopic (exact) mass is 356 g/mol. The molecule has 0 saturated carbocycles. The van der Waals surface area contributed by atoms with Crippen molar-refractivity contribution in [3.63, 3.8) is 0 Å². The number of nitrogens with one attached hydrogen (secondary N) is 1. The quantitative estimate of drug-likeness (QED) is 0.735. The molecule has 2 aromatic rings. The van der Waals surface area contributed by atoms with Gasteiger partial charge in [0.05, 0.1) is 5.56 Å². The lowest BCUT2D eigenvalue weighted by molar-refractivity contribution is -0.124. The molecule has 0 spiro atoms. The van der Waals surface area contributed by atoms with E-state index >= 15 is 0 Å². The maximum absolute atomic E-state index is 12.4. The topological polar surface area (TPSA) is 60.3 Å². The number of carbonyl (C=O) groups excluding carboxylic acids is 2. The Labute approximate surface area is 155 Å². The Hall–Kier alpha value is -2.56. The van der Waals surface area contributed by atoms with Crippen molar-refractivity contribution in [3.8, 4) is 0 Å². The van der Waals surface area contributed by atoms with E-state index in [1.54, 1.807) is 0 Å². The maximum Gasteiger partial charge on any atom is 0.340 e. The highest BCUT2D eigenvalue weighted by molar-refractivity contribution is 5.92. The van der Waals surface area contributed by atoms with E-state index in [9.17, 15) is 9.59 Å². The van der Waals surface area contributed by atoms with Crippen molar-refractivity contribution in [3.05, 3.63) is 58.9 Å². The first-order valence-electron chi connectivity index (χ1n) is 9.09. The van der Waals surface area contributed by atoms with Crippen LogP contribution in [0.5, 0.6) is 0 Å². The van der Waals surface area contributed by atoms with Crippen LogP contribution in [0.25, 0.3) is 0 Å². The molecular formula is C21H28N2O3. The minimum Gasteiger partial charge on any atom is -0.452 e. The van der Waals surface area contributed by atoms with E-state index in [0.717, 1.165) is 24.2 Å². The van der Waals surface area contributed by atoms with Gasteiger partial charge >= 0.3 is 5.97 Å². The summed E-state index contributed by atoms with van der Waals surface area (Å²) in [6.45, 7) is 8.31. The Kier molecular flexibility index (Phi) is 7.01. The fraction of sp³-hybridized carbons (Fsp3) is 0.429. The van der Waals surface area contributed by atoms with Crippen molar-refractivity contribution in [1.29, 1.82) is 0 Å². The number of hydrogen-bond donors (Lipinski definition) is 1. The Morgan fingerprint density at radius 1 is 1.19 bits per heavy atom. The number of ether oxygens (including phenoxy) is 1. The molecule has 0 aliphatic rings. The van der Waals surface area contributed by atoms with Crippen molar-refractivity contribution < 1.29 is 14.3 Å². The molecular weight excluding hydrogens is 328 g/mol. The largest absolute Gasteiger partial charge is 0.452 e. The molecule has 140 valence electrons. The Morgan fingerprint density at radius 2 is 1.88 bits per heavy atom. The highest BCUT2D eigenvalue weighted by Crippen LogP contribution is 2.18. The van der Waals surface area contributed by atoms with E-state index in [1.807, 2.05) is 45.0 Å². The second-order valence-electron chi connectivity index (χ2n) is 6.69. The first-order valence-corrected chi connectivity index (χ1v) is 9.09. The average molecular weight is 356 g/mol. The van der Waals surface area contributed by atoms with Crippen LogP contribution in [0.2, 0.25) is 0 Å². The number of amides is 1. The molecule has 0 aliphatic heterocycles. The SMILES string of the molecule is CCC[C@@H](C)NC(=O)COC(=O)c1cc(C)n(Cc2ccccc2)c1C. The Morgan fingerprint density at radius 3 is 2.54 bits per heavy atom. The summed E-state index contributed by atoms with van der Waals surface area (Å²) in [6, 6.07) is 12.0. The van der Waals surface area contributed by atoms with E-state index < -0.39 is 5.97 Å². The lowest BCUT2D eigenvalue weighted by Crippen LogP contribution is -2.35. The number of aromatic nitrogens is 1. The average Bonchev–Trinajstić information content (AvgIpc) is 2.89. The smallest absolute Gasteiger partial charge is 0.340 e. The number of hydrogen-bond acceptors (Lipinski definition) is 3. The van der Waals surface area contributed by atoms with Crippen LogP contribution in [0.1, 0.15) is 54.0 Å². The molecule has 0 fully saturated rings. The van der Waals surface area contributed by atoms with Gasteiger partial charge in [0.25, 0.3) is 5.91 Å². The Balaban J connectivity index is 1.99. The number of aryl methyl sites for hydroxylation is 1. The van der Waals surface area contributed by atoms with Gasteiger partial charge in [-0.25, -0.2) is 4.79 Å². The van der Waals surface area contributed by atoms with Crippen LogP contribution in [0.3, 0.4) is 0 Å². The van der Waals surface area contributed by atoms with Gasteiger partial charge in [-0.05, 0) is 38.8 Å². The van der Waals surface area contributed by atoms with Gasteiger partial charge in [0.1, 0.15) is 0 Å². The summed E-state index contributed by atoms with van der Waals surface area (Å²) >= 11 is 0. The van der Waals surface area contributed by atoms with Crippen molar-refractivity contribution in [1.82, 2.24) is 9.88 Å². The van der Waals surface area contributed by atoms with Crippen LogP contribution in [-0.2, 0) is 16.1 Å². The van der Waals surface area contributed by atoms with E-state index in [2.05, 4.69) is 28.9 Å². The van der Waals surface area contributed by atoms with Crippen molar-refractivity contribution in [2.45, 2.75) is 53.1 Å². The molecule has 0 bridgehead atoms. The van der Waals surface area contributed by atoms with Gasteiger partial charge in [-0.2, -0.15) is 0 Å². The van der Waals surface area contributed by atoms with Crippen LogP contribution < -0.4 is 5.32 Å². The normalized spacial score (nSPS) is 11.8. The summed E-state index contributed by atoms with van der Waals surface area (Å²) in [7, 11) is 0. The van der Waals surface area contributed by atoms with E-state index in [1.165, 1.54) is 5.56 Å². The van der Waals surface area contributed by atoms with E-state index in [4.69, 9.17) is 4.74 Å². The summed E-state index contributed by atoms with van der Waals surface area (Å²) in [5, 5.41) is 2.83. The zero-order valence-corrected chi connectivity index (χ0v) is 16.0. The molecule has 26 heavy (non-hydrogen) atoms. The predicted molar refractivity (Wildman–Crippen MR) is 102 cm³/mol. The van der Waals surface area contributed by atoms with Gasteiger partial charge in [-0.3, -0.25) is 4.79 Å². The minimum atomic E-state index is -0.462. The molecule has 1 amide bonds. The second kappa shape index (κ2) is 9.22. The fourth-order valence-corrected chi connectivity index (χ4v) is 3.05. The summed E-state index contributed by atoms with van der Waals surface area (Å²) in [5.74, 6) is -0.729. The summed E-state index contributed by atoms with van der Waals surface area (Å²) in [5.41, 5.74) is 3.50. The third kappa shape index (κ3) is 5.22. The molecule has 0 unspecified atom stereocenters. The fourth-order valence-electron chi connectivity index (χ4n) is 3.05. The van der Waals surface area contributed by atoms with Crippen LogP contribution in [0, 0.1) is 13.8 Å². The lowest BCUT2D eigenvalue weighted by Gasteiger charge is -2.13. The number of benzene rings is 1. The predicted octanol–water partition coefficient (Wildman–Crippen LogP) is 3.61. The lowest BCUT2D eigenvalue weighted by atomic mass is 10.2. The molecule has 1 aromatic heterocycles. The van der Waals surface area contributed by atoms with Gasteiger partial charge in [0.15, 0.2) is 6.61 Å². The minimum absolute atomic E-state index is 0.0853. The number of esters is 1. The highest BCUT2D eigenvalue weighted by Gasteiger charge is 2.18. The standard InChI is InChI=1S/C21H28N2O3/c1-5-9-15(2)22-20(24)14-26-21(25)19-12-16(3)23(17(19)4)13-18-10-7-6-8-11-18/h6-8,10-12,15H,5,9,13-14H2,1-4H3,(H,22,24)/t15-/m1/s1. The third-order valence-corrected chi connectivity index (χ3v) is 4.44. The Bertz CT molecular complexity index is 750. The summed E-state index contributed by atoms with van der Waals surface area (Å²) < 4.78 is 7.28. The van der Waals surface area contributed by atoms with Crippen LogP contribution in [-0.4, -0.2) is 29.1 Å².